The van der Waals surface area contributed by atoms with Crippen LogP contribution < -0.4 is 0 Å². The zero-order valence-corrected chi connectivity index (χ0v) is 13.1. The van der Waals surface area contributed by atoms with E-state index in [0.29, 0.717) is 13.1 Å². The van der Waals surface area contributed by atoms with E-state index in [1.54, 1.807) is 24.3 Å². The second-order valence-corrected chi connectivity index (χ2v) is 7.62. The van der Waals surface area contributed by atoms with Gasteiger partial charge in [-0.3, -0.25) is 4.79 Å². The van der Waals surface area contributed by atoms with Crippen LogP contribution in [0.1, 0.15) is 19.8 Å². The van der Waals surface area contributed by atoms with Gasteiger partial charge in [-0.05, 0) is 38.0 Å². The van der Waals surface area contributed by atoms with Crippen molar-refractivity contribution in [2.45, 2.75) is 24.7 Å². The summed E-state index contributed by atoms with van der Waals surface area (Å²) in [4.78, 5) is 11.7. The van der Waals surface area contributed by atoms with Gasteiger partial charge < -0.3 is 0 Å². The number of ketones is 1. The van der Waals surface area contributed by atoms with Crippen molar-refractivity contribution < 1.29 is 13.2 Å². The average molecular weight is 346 g/mol. The molecular weight excluding hydrogens is 330 g/mol. The van der Waals surface area contributed by atoms with Crippen LogP contribution in [0.3, 0.4) is 0 Å². The lowest BCUT2D eigenvalue weighted by atomic mass is 9.96. The van der Waals surface area contributed by atoms with Crippen LogP contribution in [0.5, 0.6) is 0 Å². The first-order chi connectivity index (χ1) is 8.91. The number of nitrogens with zero attached hydrogens (tertiary/aromatic N) is 1. The number of benzene rings is 1. The van der Waals surface area contributed by atoms with Crippen molar-refractivity contribution in [3.05, 3.63) is 28.7 Å². The smallest absolute Gasteiger partial charge is 0.243 e. The number of hydrogen-bond donors (Lipinski definition) is 0. The predicted octanol–water partition coefficient (Wildman–Crippen LogP) is 2.44. The molecule has 0 radical (unpaired) electrons. The predicted molar refractivity (Wildman–Crippen MR) is 76.3 cm³/mol. The van der Waals surface area contributed by atoms with Crippen LogP contribution in [0.25, 0.3) is 0 Å². The third-order valence-electron chi connectivity index (χ3n) is 3.39. The Hall–Kier alpha value is -0.720. The second kappa shape index (κ2) is 5.73. The number of halogens is 1. The molecule has 0 N–H and O–H groups in total. The van der Waals surface area contributed by atoms with E-state index in [2.05, 4.69) is 15.9 Å². The van der Waals surface area contributed by atoms with Crippen LogP contribution >= 0.6 is 15.9 Å². The maximum absolute atomic E-state index is 12.5. The quantitative estimate of drug-likeness (QED) is 0.845. The molecule has 4 nitrogen and oxygen atoms in total. The number of hydrogen-bond acceptors (Lipinski definition) is 3. The Morgan fingerprint density at radius 1 is 1.42 bits per heavy atom. The van der Waals surface area contributed by atoms with E-state index in [-0.39, 0.29) is 16.6 Å². The van der Waals surface area contributed by atoms with E-state index in [4.69, 9.17) is 0 Å². The van der Waals surface area contributed by atoms with E-state index in [1.165, 1.54) is 11.2 Å². The Labute approximate surface area is 122 Å². The summed E-state index contributed by atoms with van der Waals surface area (Å²) in [6.45, 7) is 2.31. The monoisotopic (exact) mass is 345 g/mol. The summed E-state index contributed by atoms with van der Waals surface area (Å²) in [7, 11) is -3.50. The summed E-state index contributed by atoms with van der Waals surface area (Å²) in [6.07, 6.45) is 1.51. The molecule has 1 aromatic carbocycles. The lowest BCUT2D eigenvalue weighted by Crippen LogP contribution is -2.41. The van der Waals surface area contributed by atoms with Crippen molar-refractivity contribution in [1.82, 2.24) is 4.31 Å². The summed E-state index contributed by atoms with van der Waals surface area (Å²) in [5, 5.41) is 0. The highest BCUT2D eigenvalue weighted by atomic mass is 79.9. The molecule has 0 aromatic heterocycles. The highest BCUT2D eigenvalue weighted by molar-refractivity contribution is 9.10. The second-order valence-electron chi connectivity index (χ2n) is 4.77. The Morgan fingerprint density at radius 3 is 2.79 bits per heavy atom. The molecule has 0 bridgehead atoms. The van der Waals surface area contributed by atoms with Gasteiger partial charge in [0.25, 0.3) is 0 Å². The molecule has 104 valence electrons. The van der Waals surface area contributed by atoms with E-state index < -0.39 is 10.0 Å². The maximum Gasteiger partial charge on any atom is 0.243 e. The summed E-state index contributed by atoms with van der Waals surface area (Å²) < 4.78 is 27.2. The van der Waals surface area contributed by atoms with Crippen LogP contribution in [0.2, 0.25) is 0 Å². The molecule has 1 saturated heterocycles. The van der Waals surface area contributed by atoms with Crippen LogP contribution in [0.15, 0.2) is 33.6 Å². The summed E-state index contributed by atoms with van der Waals surface area (Å²) in [5.74, 6) is -0.107. The lowest BCUT2D eigenvalue weighted by molar-refractivity contribution is -0.121. The fourth-order valence-corrected chi connectivity index (χ4v) is 4.39. The van der Waals surface area contributed by atoms with Gasteiger partial charge in [-0.1, -0.05) is 22.0 Å². The zero-order chi connectivity index (χ0) is 14.0. The largest absolute Gasteiger partial charge is 0.300 e. The van der Waals surface area contributed by atoms with Gasteiger partial charge in [0.05, 0.1) is 4.90 Å². The minimum Gasteiger partial charge on any atom is -0.300 e. The highest BCUT2D eigenvalue weighted by Gasteiger charge is 2.31. The van der Waals surface area contributed by atoms with E-state index in [9.17, 15) is 13.2 Å². The summed E-state index contributed by atoms with van der Waals surface area (Å²) in [5.41, 5.74) is 0. The number of rotatable bonds is 3. The summed E-state index contributed by atoms with van der Waals surface area (Å²) in [6, 6.07) is 6.65. The first kappa shape index (κ1) is 14.7. The molecule has 6 heteroatoms. The third kappa shape index (κ3) is 3.24. The first-order valence-electron chi connectivity index (χ1n) is 6.17. The molecule has 2 rings (SSSR count). The van der Waals surface area contributed by atoms with Gasteiger partial charge in [-0.25, -0.2) is 8.42 Å². The minimum absolute atomic E-state index is 0.0640. The minimum atomic E-state index is -3.50. The van der Waals surface area contributed by atoms with Crippen molar-refractivity contribution >= 4 is 31.7 Å². The van der Waals surface area contributed by atoms with Crippen molar-refractivity contribution in [2.75, 3.05) is 13.1 Å². The average Bonchev–Trinajstić information content (AvgIpc) is 2.39. The molecule has 0 amide bonds. The van der Waals surface area contributed by atoms with E-state index in [1.807, 2.05) is 0 Å². The SMILES string of the molecule is CC(=O)C1CCCN(S(=O)(=O)c2cccc(Br)c2)C1. The molecule has 1 aliphatic rings. The molecule has 1 fully saturated rings. The Kier molecular flexibility index (Phi) is 4.43. The van der Waals surface area contributed by atoms with Crippen molar-refractivity contribution in [3.8, 4) is 0 Å². The van der Waals surface area contributed by atoms with Crippen molar-refractivity contribution in [2.24, 2.45) is 5.92 Å². The van der Waals surface area contributed by atoms with Gasteiger partial charge in [-0.15, -0.1) is 0 Å². The molecule has 0 aliphatic carbocycles. The topological polar surface area (TPSA) is 54.5 Å². The van der Waals surface area contributed by atoms with E-state index in [0.717, 1.165) is 17.3 Å². The van der Waals surface area contributed by atoms with Gasteiger partial charge >= 0.3 is 0 Å². The van der Waals surface area contributed by atoms with Gasteiger partial charge in [0.1, 0.15) is 5.78 Å². The highest BCUT2D eigenvalue weighted by Crippen LogP contribution is 2.25. The van der Waals surface area contributed by atoms with Crippen LogP contribution in [0, 0.1) is 5.92 Å². The molecule has 0 spiro atoms. The zero-order valence-electron chi connectivity index (χ0n) is 10.7. The Balaban J connectivity index is 2.27. The molecular formula is C13H16BrNO3S. The molecule has 19 heavy (non-hydrogen) atoms. The maximum atomic E-state index is 12.5. The molecule has 1 aliphatic heterocycles. The molecule has 1 unspecified atom stereocenters. The number of carbonyl (C=O) groups is 1. The van der Waals surface area contributed by atoms with Gasteiger partial charge in [0, 0.05) is 23.5 Å². The van der Waals surface area contributed by atoms with E-state index >= 15 is 0 Å². The molecule has 0 saturated carbocycles. The van der Waals surface area contributed by atoms with Gasteiger partial charge in [0.15, 0.2) is 0 Å². The summed E-state index contributed by atoms with van der Waals surface area (Å²) >= 11 is 3.28. The number of Topliss-reactive ketones (excluding diaryl/α,β-unsaturated/α-hetero) is 1. The number of sulfonamides is 1. The fraction of sp³-hybridized carbons (Fsp3) is 0.462. The van der Waals surface area contributed by atoms with Crippen LogP contribution in [-0.4, -0.2) is 31.6 Å². The standard InChI is InChI=1S/C13H16BrNO3S/c1-10(16)11-4-3-7-15(9-11)19(17,18)13-6-2-5-12(14)8-13/h2,5-6,8,11H,3-4,7,9H2,1H3. The van der Waals surface area contributed by atoms with Crippen LogP contribution in [-0.2, 0) is 14.8 Å². The normalized spacial score (nSPS) is 21.3. The lowest BCUT2D eigenvalue weighted by Gasteiger charge is -2.30. The number of piperidine rings is 1. The fourth-order valence-electron chi connectivity index (χ4n) is 2.27. The van der Waals surface area contributed by atoms with Crippen LogP contribution in [0.4, 0.5) is 0 Å². The first-order valence-corrected chi connectivity index (χ1v) is 8.41. The van der Waals surface area contributed by atoms with Crippen molar-refractivity contribution in [1.29, 1.82) is 0 Å². The molecule has 1 heterocycles. The van der Waals surface area contributed by atoms with Gasteiger partial charge in [-0.2, -0.15) is 4.31 Å². The molecule has 1 aromatic rings. The van der Waals surface area contributed by atoms with Crippen molar-refractivity contribution in [3.63, 3.8) is 0 Å². The Bertz CT molecular complexity index is 585. The van der Waals surface area contributed by atoms with Gasteiger partial charge in [0.2, 0.25) is 10.0 Å². The third-order valence-corrected chi connectivity index (χ3v) is 5.75. The number of carbonyl (C=O) groups excluding carboxylic acids is 1. The Morgan fingerprint density at radius 2 is 2.16 bits per heavy atom. The molecule has 1 atom stereocenters.